The zero-order valence-electron chi connectivity index (χ0n) is 23.6. The van der Waals surface area contributed by atoms with Crippen LogP contribution in [0.3, 0.4) is 0 Å². The average Bonchev–Trinajstić information content (AvgIpc) is 3.55. The number of hydrogen-bond donors (Lipinski definition) is 1. The summed E-state index contributed by atoms with van der Waals surface area (Å²) < 4.78 is 28.2. The van der Waals surface area contributed by atoms with Gasteiger partial charge >= 0.3 is 35.5 Å². The SMILES string of the molecule is CCCOc1ccc2c(c1)C(c1ccc(OC)cc1OCC(=O)O)C(C(=O)[O-])C2(CC)c1ccc2c(c1)OCO2.[Na+]. The van der Waals surface area contributed by atoms with Crippen LogP contribution in [0.25, 0.3) is 0 Å². The van der Waals surface area contributed by atoms with Crippen LogP contribution in [0.5, 0.6) is 28.7 Å². The van der Waals surface area contributed by atoms with E-state index in [0.717, 1.165) is 23.1 Å². The number of carboxylic acids is 2. The Hall–Kier alpha value is -3.40. The van der Waals surface area contributed by atoms with Gasteiger partial charge in [-0.3, -0.25) is 0 Å². The van der Waals surface area contributed by atoms with Gasteiger partial charge in [-0.1, -0.05) is 32.0 Å². The Morgan fingerprint density at radius 3 is 2.41 bits per heavy atom. The van der Waals surface area contributed by atoms with Crippen molar-refractivity contribution < 1.29 is 73.0 Å². The minimum atomic E-state index is -1.24. The Kier molecular flexibility index (Phi) is 9.41. The Morgan fingerprint density at radius 2 is 1.73 bits per heavy atom. The molecular formula is C31H31NaO9. The van der Waals surface area contributed by atoms with E-state index in [1.807, 2.05) is 44.2 Å². The molecule has 5 rings (SSSR count). The predicted molar refractivity (Wildman–Crippen MR) is 142 cm³/mol. The molecule has 0 amide bonds. The molecule has 0 fully saturated rings. The minimum absolute atomic E-state index is 0. The zero-order valence-corrected chi connectivity index (χ0v) is 25.6. The Morgan fingerprint density at radius 1 is 0.976 bits per heavy atom. The molecule has 1 aliphatic carbocycles. The monoisotopic (exact) mass is 570 g/mol. The van der Waals surface area contributed by atoms with E-state index in [4.69, 9.17) is 23.7 Å². The second-order valence-electron chi connectivity index (χ2n) is 9.85. The molecule has 1 heterocycles. The Labute approximate surface area is 260 Å². The van der Waals surface area contributed by atoms with Crippen LogP contribution in [0.2, 0.25) is 0 Å². The first-order valence-electron chi connectivity index (χ1n) is 13.2. The molecule has 1 N–H and O–H groups in total. The van der Waals surface area contributed by atoms with Gasteiger partial charge in [-0.25, -0.2) is 4.79 Å². The number of fused-ring (bicyclic) bond motifs is 2. The average molecular weight is 571 g/mol. The van der Waals surface area contributed by atoms with Crippen LogP contribution in [0.4, 0.5) is 0 Å². The molecule has 3 atom stereocenters. The van der Waals surface area contributed by atoms with Gasteiger partial charge in [0.15, 0.2) is 18.1 Å². The fraction of sp³-hybridized carbons (Fsp3) is 0.355. The van der Waals surface area contributed by atoms with Crippen molar-refractivity contribution in [2.45, 2.75) is 38.0 Å². The molecule has 0 radical (unpaired) electrons. The van der Waals surface area contributed by atoms with E-state index >= 15 is 0 Å². The van der Waals surface area contributed by atoms with Crippen LogP contribution >= 0.6 is 0 Å². The smallest absolute Gasteiger partial charge is 0.550 e. The molecule has 2 aliphatic rings. The maximum Gasteiger partial charge on any atom is 1.00 e. The van der Waals surface area contributed by atoms with E-state index in [-0.39, 0.29) is 42.1 Å². The Bertz CT molecular complexity index is 1440. The minimum Gasteiger partial charge on any atom is -0.550 e. The summed E-state index contributed by atoms with van der Waals surface area (Å²) in [5, 5.41) is 22.6. The zero-order chi connectivity index (χ0) is 28.4. The number of ether oxygens (including phenoxy) is 5. The van der Waals surface area contributed by atoms with Crippen LogP contribution in [-0.2, 0) is 15.0 Å². The van der Waals surface area contributed by atoms with E-state index in [0.29, 0.717) is 41.6 Å². The van der Waals surface area contributed by atoms with Crippen LogP contribution in [0, 0.1) is 5.92 Å². The summed E-state index contributed by atoms with van der Waals surface area (Å²) >= 11 is 0. The number of rotatable bonds is 11. The molecule has 210 valence electrons. The second kappa shape index (κ2) is 12.6. The van der Waals surface area contributed by atoms with Crippen molar-refractivity contribution in [2.24, 2.45) is 5.92 Å². The molecule has 10 heteroatoms. The van der Waals surface area contributed by atoms with Crippen molar-refractivity contribution in [1.82, 2.24) is 0 Å². The fourth-order valence-corrected chi connectivity index (χ4v) is 6.12. The normalized spacial score (nSPS) is 20.1. The summed E-state index contributed by atoms with van der Waals surface area (Å²) in [7, 11) is 1.49. The first-order valence-corrected chi connectivity index (χ1v) is 13.2. The third kappa shape index (κ3) is 5.46. The van der Waals surface area contributed by atoms with Gasteiger partial charge in [0.1, 0.15) is 17.2 Å². The van der Waals surface area contributed by atoms with Crippen molar-refractivity contribution in [3.05, 3.63) is 76.9 Å². The molecule has 41 heavy (non-hydrogen) atoms. The summed E-state index contributed by atoms with van der Waals surface area (Å²) in [6, 6.07) is 16.2. The fourth-order valence-electron chi connectivity index (χ4n) is 6.12. The number of aliphatic carboxylic acids is 2. The molecule has 0 aromatic heterocycles. The quantitative estimate of drug-likeness (QED) is 0.335. The van der Waals surface area contributed by atoms with E-state index in [2.05, 4.69) is 0 Å². The van der Waals surface area contributed by atoms with Crippen molar-refractivity contribution in [3.8, 4) is 28.7 Å². The summed E-state index contributed by atoms with van der Waals surface area (Å²) in [5.74, 6) is -1.79. The summed E-state index contributed by atoms with van der Waals surface area (Å²) in [6.07, 6.45) is 1.25. The van der Waals surface area contributed by atoms with Gasteiger partial charge in [-0.2, -0.15) is 0 Å². The van der Waals surface area contributed by atoms with E-state index in [1.165, 1.54) is 7.11 Å². The summed E-state index contributed by atoms with van der Waals surface area (Å²) in [4.78, 5) is 24.6. The van der Waals surface area contributed by atoms with Gasteiger partial charge in [0.25, 0.3) is 0 Å². The number of hydrogen-bond acceptors (Lipinski definition) is 8. The molecule has 1 aliphatic heterocycles. The predicted octanol–water partition coefficient (Wildman–Crippen LogP) is 0.888. The van der Waals surface area contributed by atoms with Crippen molar-refractivity contribution in [1.29, 1.82) is 0 Å². The van der Waals surface area contributed by atoms with Crippen LogP contribution < -0.4 is 58.3 Å². The first-order chi connectivity index (χ1) is 19.3. The van der Waals surface area contributed by atoms with Crippen molar-refractivity contribution >= 4 is 11.9 Å². The number of methoxy groups -OCH3 is 1. The number of carbonyl (C=O) groups is 2. The molecule has 0 saturated heterocycles. The molecule has 3 unspecified atom stereocenters. The number of benzene rings is 3. The van der Waals surface area contributed by atoms with Crippen LogP contribution in [0.15, 0.2) is 54.6 Å². The molecule has 0 saturated carbocycles. The molecule has 3 aromatic rings. The molecule has 0 spiro atoms. The van der Waals surface area contributed by atoms with E-state index < -0.39 is 35.8 Å². The third-order valence-electron chi connectivity index (χ3n) is 7.78. The molecule has 9 nitrogen and oxygen atoms in total. The molecular weight excluding hydrogens is 539 g/mol. The topological polar surface area (TPSA) is 124 Å². The van der Waals surface area contributed by atoms with Gasteiger partial charge in [-0.15, -0.1) is 0 Å². The Balaban J connectivity index is 0.00000387. The largest absolute Gasteiger partial charge is 1.00 e. The molecule has 3 aromatic carbocycles. The maximum absolute atomic E-state index is 13.2. The van der Waals surface area contributed by atoms with Gasteiger partial charge in [0.05, 0.1) is 13.7 Å². The van der Waals surface area contributed by atoms with E-state index in [9.17, 15) is 19.8 Å². The summed E-state index contributed by atoms with van der Waals surface area (Å²) in [5.41, 5.74) is 1.82. The second-order valence-corrected chi connectivity index (χ2v) is 9.85. The van der Waals surface area contributed by atoms with Gasteiger partial charge in [0, 0.05) is 34.8 Å². The van der Waals surface area contributed by atoms with Gasteiger partial charge < -0.3 is 38.7 Å². The first kappa shape index (κ1) is 30.6. The van der Waals surface area contributed by atoms with Gasteiger partial charge in [-0.05, 0) is 59.9 Å². The van der Waals surface area contributed by atoms with Crippen molar-refractivity contribution in [2.75, 3.05) is 27.1 Å². The standard InChI is InChI=1S/C31H32O9.Na/c1-4-12-37-20-8-10-23-22(14-20)28(21-9-7-19(36-3)15-25(21)38-16-27(32)33)29(30(34)35)31(23,5-2)18-6-11-24-26(13-18)40-17-39-24;/h6-11,13-15,28-29H,4-5,12,16-17H2,1-3H3,(H,32,33)(H,34,35);/q;+1/p-1. The number of carboxylic acid groups (broad SMARTS) is 2. The maximum atomic E-state index is 13.2. The van der Waals surface area contributed by atoms with E-state index in [1.54, 1.807) is 24.3 Å². The van der Waals surface area contributed by atoms with Gasteiger partial charge in [0.2, 0.25) is 6.79 Å². The number of carbonyl (C=O) groups excluding carboxylic acids is 1. The third-order valence-corrected chi connectivity index (χ3v) is 7.78. The van der Waals surface area contributed by atoms with Crippen LogP contribution in [0.1, 0.15) is 54.9 Å². The van der Waals surface area contributed by atoms with Crippen LogP contribution in [-0.4, -0.2) is 44.2 Å². The summed E-state index contributed by atoms with van der Waals surface area (Å²) in [6.45, 7) is 3.95. The molecule has 0 bridgehead atoms. The van der Waals surface area contributed by atoms with Crippen molar-refractivity contribution in [3.63, 3.8) is 0 Å².